The molecular weight excluding hydrogens is 302 g/mol. The Morgan fingerprint density at radius 1 is 1.41 bits per heavy atom. The number of thiazole rings is 1. The Morgan fingerprint density at radius 2 is 2.29 bits per heavy atom. The average molecular weight is 308 g/mol. The van der Waals surface area contributed by atoms with Gasteiger partial charge in [0.25, 0.3) is 5.56 Å². The molecule has 4 nitrogen and oxygen atoms in total. The van der Waals surface area contributed by atoms with Crippen molar-refractivity contribution in [3.8, 4) is 0 Å². The van der Waals surface area contributed by atoms with Gasteiger partial charge in [0.05, 0.1) is 4.53 Å². The van der Waals surface area contributed by atoms with E-state index in [9.17, 15) is 4.79 Å². The molecule has 0 unspecified atom stereocenters. The molecule has 0 radical (unpaired) electrons. The molecule has 3 rings (SSSR count). The van der Waals surface area contributed by atoms with Crippen LogP contribution in [0.25, 0.3) is 11.0 Å². The average Bonchev–Trinajstić information content (AvgIpc) is 2.84. The molecule has 2 aromatic heterocycles. The van der Waals surface area contributed by atoms with Crippen molar-refractivity contribution in [3.63, 3.8) is 0 Å². The van der Waals surface area contributed by atoms with Gasteiger partial charge in [-0.15, -0.1) is 0 Å². The van der Waals surface area contributed by atoms with E-state index in [4.69, 9.17) is 0 Å². The Labute approximate surface area is 108 Å². The van der Waals surface area contributed by atoms with E-state index in [-0.39, 0.29) is 5.56 Å². The van der Waals surface area contributed by atoms with Crippen molar-refractivity contribution >= 4 is 38.3 Å². The highest BCUT2D eigenvalue weighted by Crippen LogP contribution is 2.12. The van der Waals surface area contributed by atoms with Gasteiger partial charge in [0.2, 0.25) is 4.96 Å². The fraction of sp³-hybridized carbons (Fsp3) is 0. The standard InChI is InChI=1S/C11H6BrN3OS/c12-8-3-1-2-7(4-8)5-9-10(16)15-11(17-9)13-6-14-15/h1-6H/b9-5+. The van der Waals surface area contributed by atoms with E-state index in [1.165, 1.54) is 22.2 Å². The first-order chi connectivity index (χ1) is 8.24. The zero-order valence-corrected chi connectivity index (χ0v) is 10.9. The molecule has 0 saturated carbocycles. The van der Waals surface area contributed by atoms with Crippen molar-refractivity contribution < 1.29 is 0 Å². The van der Waals surface area contributed by atoms with Gasteiger partial charge < -0.3 is 0 Å². The number of rotatable bonds is 1. The zero-order chi connectivity index (χ0) is 11.8. The molecule has 6 heteroatoms. The van der Waals surface area contributed by atoms with Gasteiger partial charge in [0.15, 0.2) is 0 Å². The molecule has 84 valence electrons. The Hall–Kier alpha value is -1.53. The van der Waals surface area contributed by atoms with Crippen LogP contribution in [0.5, 0.6) is 0 Å². The topological polar surface area (TPSA) is 47.3 Å². The van der Waals surface area contributed by atoms with Crippen molar-refractivity contribution in [2.24, 2.45) is 0 Å². The van der Waals surface area contributed by atoms with Crippen LogP contribution in [-0.2, 0) is 0 Å². The molecule has 0 N–H and O–H groups in total. The predicted molar refractivity (Wildman–Crippen MR) is 70.1 cm³/mol. The minimum absolute atomic E-state index is 0.123. The highest BCUT2D eigenvalue weighted by molar-refractivity contribution is 9.10. The number of benzene rings is 1. The van der Waals surface area contributed by atoms with Gasteiger partial charge in [0, 0.05) is 4.47 Å². The maximum absolute atomic E-state index is 11.9. The van der Waals surface area contributed by atoms with Gasteiger partial charge in [-0.1, -0.05) is 39.4 Å². The molecule has 1 aromatic carbocycles. The normalized spacial score (nSPS) is 12.4. The van der Waals surface area contributed by atoms with E-state index in [0.717, 1.165) is 10.0 Å². The Kier molecular flexibility index (Phi) is 2.53. The molecular formula is C11H6BrN3OS. The Balaban J connectivity index is 2.24. The quantitative estimate of drug-likeness (QED) is 0.684. The third-order valence-corrected chi connectivity index (χ3v) is 3.73. The summed E-state index contributed by atoms with van der Waals surface area (Å²) in [4.78, 5) is 16.5. The predicted octanol–water partition coefficient (Wildman–Crippen LogP) is 1.46. The number of fused-ring (bicyclic) bond motifs is 1. The maximum atomic E-state index is 11.9. The van der Waals surface area contributed by atoms with Gasteiger partial charge in [0.1, 0.15) is 6.33 Å². The smallest absolute Gasteiger partial charge is 0.266 e. The minimum Gasteiger partial charge on any atom is -0.266 e. The van der Waals surface area contributed by atoms with Crippen LogP contribution in [0, 0.1) is 0 Å². The van der Waals surface area contributed by atoms with E-state index in [1.54, 1.807) is 0 Å². The molecule has 0 spiro atoms. The molecule has 0 aliphatic heterocycles. The minimum atomic E-state index is -0.123. The number of halogens is 1. The number of hydrogen-bond acceptors (Lipinski definition) is 4. The van der Waals surface area contributed by atoms with E-state index in [2.05, 4.69) is 26.0 Å². The third kappa shape index (κ3) is 1.89. The van der Waals surface area contributed by atoms with Crippen molar-refractivity contribution in [3.05, 3.63) is 55.5 Å². The fourth-order valence-electron chi connectivity index (χ4n) is 1.53. The summed E-state index contributed by atoms with van der Waals surface area (Å²) in [7, 11) is 0. The van der Waals surface area contributed by atoms with E-state index < -0.39 is 0 Å². The molecule has 17 heavy (non-hydrogen) atoms. The SMILES string of the molecule is O=c1/c(=C\c2cccc(Br)c2)sc2ncnn12. The molecule has 0 aliphatic rings. The first-order valence-corrected chi connectivity index (χ1v) is 6.45. The summed E-state index contributed by atoms with van der Waals surface area (Å²) in [6.45, 7) is 0. The zero-order valence-electron chi connectivity index (χ0n) is 8.50. The van der Waals surface area contributed by atoms with Gasteiger partial charge >= 0.3 is 0 Å². The van der Waals surface area contributed by atoms with Crippen LogP contribution in [0.3, 0.4) is 0 Å². The Morgan fingerprint density at radius 3 is 3.06 bits per heavy atom. The fourth-order valence-corrected chi connectivity index (χ4v) is 2.82. The lowest BCUT2D eigenvalue weighted by Crippen LogP contribution is -2.23. The van der Waals surface area contributed by atoms with Gasteiger partial charge in [-0.05, 0) is 23.8 Å². The largest absolute Gasteiger partial charge is 0.291 e. The molecule has 2 heterocycles. The summed E-state index contributed by atoms with van der Waals surface area (Å²) in [5, 5.41) is 3.87. The number of nitrogens with zero attached hydrogens (tertiary/aromatic N) is 3. The monoisotopic (exact) mass is 307 g/mol. The number of aromatic nitrogens is 3. The summed E-state index contributed by atoms with van der Waals surface area (Å²) in [5.41, 5.74) is 0.850. The van der Waals surface area contributed by atoms with Crippen LogP contribution < -0.4 is 10.1 Å². The van der Waals surface area contributed by atoms with Gasteiger partial charge in [-0.3, -0.25) is 4.79 Å². The highest BCUT2D eigenvalue weighted by atomic mass is 79.9. The third-order valence-electron chi connectivity index (χ3n) is 2.27. The summed E-state index contributed by atoms with van der Waals surface area (Å²) in [6.07, 6.45) is 3.23. The van der Waals surface area contributed by atoms with E-state index in [1.807, 2.05) is 30.3 Å². The van der Waals surface area contributed by atoms with Crippen molar-refractivity contribution in [2.45, 2.75) is 0 Å². The van der Waals surface area contributed by atoms with Crippen molar-refractivity contribution in [1.29, 1.82) is 0 Å². The second-order valence-corrected chi connectivity index (χ2v) is 5.35. The summed E-state index contributed by atoms with van der Waals surface area (Å²) >= 11 is 4.73. The first kappa shape index (κ1) is 10.6. The molecule has 0 atom stereocenters. The highest BCUT2D eigenvalue weighted by Gasteiger charge is 2.04. The van der Waals surface area contributed by atoms with E-state index >= 15 is 0 Å². The molecule has 3 aromatic rings. The summed E-state index contributed by atoms with van der Waals surface area (Å²) in [5.74, 6) is 0. The Bertz CT molecular complexity index is 793. The van der Waals surface area contributed by atoms with E-state index in [0.29, 0.717) is 9.49 Å². The second kappa shape index (κ2) is 4.05. The lowest BCUT2D eigenvalue weighted by atomic mass is 10.2. The lowest BCUT2D eigenvalue weighted by Gasteiger charge is -1.92. The molecule has 0 amide bonds. The second-order valence-electron chi connectivity index (χ2n) is 3.43. The molecule has 0 aliphatic carbocycles. The maximum Gasteiger partial charge on any atom is 0.291 e. The molecule has 0 bridgehead atoms. The van der Waals surface area contributed by atoms with Gasteiger partial charge in [-0.2, -0.15) is 9.61 Å². The summed E-state index contributed by atoms with van der Waals surface area (Å²) in [6, 6.07) is 7.77. The van der Waals surface area contributed by atoms with Gasteiger partial charge in [-0.25, -0.2) is 4.98 Å². The van der Waals surface area contributed by atoms with Crippen LogP contribution in [0.15, 0.2) is 39.9 Å². The van der Waals surface area contributed by atoms with Crippen molar-refractivity contribution in [2.75, 3.05) is 0 Å². The van der Waals surface area contributed by atoms with Crippen LogP contribution in [0.4, 0.5) is 0 Å². The van der Waals surface area contributed by atoms with Crippen LogP contribution in [0.2, 0.25) is 0 Å². The number of hydrogen-bond donors (Lipinski definition) is 0. The summed E-state index contributed by atoms with van der Waals surface area (Å²) < 4.78 is 2.94. The first-order valence-electron chi connectivity index (χ1n) is 4.84. The van der Waals surface area contributed by atoms with Crippen LogP contribution in [0.1, 0.15) is 5.56 Å². The van der Waals surface area contributed by atoms with Crippen LogP contribution >= 0.6 is 27.3 Å². The molecule has 0 saturated heterocycles. The van der Waals surface area contributed by atoms with Crippen molar-refractivity contribution in [1.82, 2.24) is 14.6 Å². The molecule has 0 fully saturated rings. The van der Waals surface area contributed by atoms with Crippen LogP contribution in [-0.4, -0.2) is 14.6 Å². The lowest BCUT2D eigenvalue weighted by molar-refractivity contribution is 0.932.